The maximum Gasteiger partial charge on any atom is 0.417 e. The molecular weight excluding hydrogens is 476 g/mol. The lowest BCUT2D eigenvalue weighted by Crippen LogP contribution is -2.40. The van der Waals surface area contributed by atoms with Crippen molar-refractivity contribution < 1.29 is 35.5 Å². The fraction of sp³-hybridized carbons (Fsp3) is 0.348. The summed E-state index contributed by atoms with van der Waals surface area (Å²) >= 11 is 0. The van der Waals surface area contributed by atoms with Crippen LogP contribution < -0.4 is 15.8 Å². The van der Waals surface area contributed by atoms with Crippen molar-refractivity contribution in [2.45, 2.75) is 42.1 Å². The van der Waals surface area contributed by atoms with E-state index in [1.165, 1.54) is 30.3 Å². The number of carbonyl (C=O) groups is 1. The van der Waals surface area contributed by atoms with Crippen molar-refractivity contribution in [1.82, 2.24) is 5.32 Å². The average Bonchev–Trinajstić information content (AvgIpc) is 2.76. The fourth-order valence-corrected chi connectivity index (χ4v) is 4.62. The van der Waals surface area contributed by atoms with Gasteiger partial charge in [0, 0.05) is 18.2 Å². The van der Waals surface area contributed by atoms with Crippen molar-refractivity contribution in [3.63, 3.8) is 0 Å². The van der Waals surface area contributed by atoms with E-state index in [0.29, 0.717) is 25.2 Å². The lowest BCUT2D eigenvalue weighted by molar-refractivity contribution is -0.138. The van der Waals surface area contributed by atoms with Crippen LogP contribution in [0.1, 0.15) is 40.7 Å². The molecule has 1 aliphatic carbocycles. The zero-order valence-electron chi connectivity index (χ0n) is 18.1. The van der Waals surface area contributed by atoms with E-state index >= 15 is 0 Å². The van der Waals surface area contributed by atoms with Gasteiger partial charge >= 0.3 is 6.18 Å². The molecule has 3 rings (SSSR count). The second-order valence-corrected chi connectivity index (χ2v) is 9.96. The van der Waals surface area contributed by atoms with Gasteiger partial charge in [-0.3, -0.25) is 4.79 Å². The lowest BCUT2D eigenvalue weighted by atomic mass is 9.92. The summed E-state index contributed by atoms with van der Waals surface area (Å²) in [6, 6.07) is 7.97. The highest BCUT2D eigenvalue weighted by Gasteiger charge is 2.36. The Kier molecular flexibility index (Phi) is 7.98. The molecule has 0 unspecified atom stereocenters. The molecule has 11 heteroatoms. The highest BCUT2D eigenvalue weighted by molar-refractivity contribution is 7.90. The second kappa shape index (κ2) is 10.6. The molecule has 2 aromatic carbocycles. The summed E-state index contributed by atoms with van der Waals surface area (Å²) in [5, 5.41) is 2.57. The standard InChI is InChI=1S/C23H24F4N2O4S/c24-11-16(12-28)13-33-18-5-7-19(8-6-18)34(31,32)14-15-4-9-20(21(10-15)23(25,26)27)22(30)29-17-2-1-3-17/h4-11,17H,1-3,12-14,28H2,(H,29,30)/b16-11+. The van der Waals surface area contributed by atoms with Crippen LogP contribution in [0.5, 0.6) is 5.75 Å². The number of carbonyl (C=O) groups excluding carboxylic acids is 1. The van der Waals surface area contributed by atoms with E-state index in [1.54, 1.807) is 0 Å². The molecule has 0 spiro atoms. The van der Waals surface area contributed by atoms with E-state index < -0.39 is 38.8 Å². The minimum absolute atomic E-state index is 0.0378. The normalized spacial score (nSPS) is 15.0. The number of amides is 1. The summed E-state index contributed by atoms with van der Waals surface area (Å²) in [5.74, 6) is -1.25. The maximum atomic E-state index is 13.6. The van der Waals surface area contributed by atoms with E-state index in [1.807, 2.05) is 0 Å². The first-order chi connectivity index (χ1) is 16.0. The van der Waals surface area contributed by atoms with Gasteiger partial charge < -0.3 is 15.8 Å². The third-order valence-electron chi connectivity index (χ3n) is 5.45. The first-order valence-corrected chi connectivity index (χ1v) is 12.1. The van der Waals surface area contributed by atoms with Gasteiger partial charge in [0.25, 0.3) is 5.91 Å². The molecule has 0 saturated heterocycles. The molecular formula is C23H24F4N2O4S. The number of hydrogen-bond donors (Lipinski definition) is 2. The molecule has 0 radical (unpaired) electrons. The largest absolute Gasteiger partial charge is 0.489 e. The molecule has 1 saturated carbocycles. The Morgan fingerprint density at radius 1 is 1.15 bits per heavy atom. The van der Waals surface area contributed by atoms with Crippen LogP contribution in [0.15, 0.2) is 59.3 Å². The SMILES string of the molecule is NC/C(=C\F)COc1ccc(S(=O)(=O)Cc2ccc(C(=O)NC3CCC3)c(C(F)(F)F)c2)cc1. The Bertz CT molecular complexity index is 1160. The van der Waals surface area contributed by atoms with E-state index in [2.05, 4.69) is 5.32 Å². The summed E-state index contributed by atoms with van der Waals surface area (Å²) in [6.07, 6.45) is -2.16. The number of alkyl halides is 3. The summed E-state index contributed by atoms with van der Waals surface area (Å²) in [4.78, 5) is 12.2. The minimum Gasteiger partial charge on any atom is -0.489 e. The van der Waals surface area contributed by atoms with Crippen molar-refractivity contribution in [3.05, 3.63) is 71.1 Å². The lowest BCUT2D eigenvalue weighted by Gasteiger charge is -2.27. The van der Waals surface area contributed by atoms with E-state index in [4.69, 9.17) is 10.5 Å². The Balaban J connectivity index is 1.77. The molecule has 0 atom stereocenters. The second-order valence-electron chi connectivity index (χ2n) is 7.97. The number of nitrogens with one attached hydrogen (secondary N) is 1. The molecule has 3 N–H and O–H groups in total. The van der Waals surface area contributed by atoms with Gasteiger partial charge in [0.15, 0.2) is 9.84 Å². The van der Waals surface area contributed by atoms with Gasteiger partial charge in [0.2, 0.25) is 0 Å². The molecule has 0 heterocycles. The number of ether oxygens (including phenoxy) is 1. The van der Waals surface area contributed by atoms with E-state index in [0.717, 1.165) is 12.5 Å². The zero-order valence-corrected chi connectivity index (χ0v) is 18.9. The quantitative estimate of drug-likeness (QED) is 0.504. The smallest absolute Gasteiger partial charge is 0.417 e. The third-order valence-corrected chi connectivity index (χ3v) is 7.16. The molecule has 6 nitrogen and oxygen atoms in total. The van der Waals surface area contributed by atoms with Gasteiger partial charge in [-0.2, -0.15) is 13.2 Å². The van der Waals surface area contributed by atoms with Gasteiger partial charge in [-0.1, -0.05) is 6.07 Å². The Morgan fingerprint density at radius 3 is 2.35 bits per heavy atom. The molecule has 2 aromatic rings. The molecule has 0 aliphatic heterocycles. The van der Waals surface area contributed by atoms with E-state index in [-0.39, 0.29) is 41.0 Å². The van der Waals surface area contributed by atoms with Gasteiger partial charge in [-0.05, 0) is 61.2 Å². The summed E-state index contributed by atoms with van der Waals surface area (Å²) in [7, 11) is -3.99. The molecule has 34 heavy (non-hydrogen) atoms. The predicted octanol–water partition coefficient (Wildman–Crippen LogP) is 4.15. The third kappa shape index (κ3) is 6.35. The number of rotatable bonds is 9. The highest BCUT2D eigenvalue weighted by Crippen LogP contribution is 2.34. The first-order valence-electron chi connectivity index (χ1n) is 10.5. The van der Waals surface area contributed by atoms with Crippen LogP contribution in [-0.2, 0) is 21.8 Å². The Morgan fingerprint density at radius 2 is 1.82 bits per heavy atom. The zero-order chi connectivity index (χ0) is 24.9. The van der Waals surface area contributed by atoms with Gasteiger partial charge in [-0.25, -0.2) is 12.8 Å². The van der Waals surface area contributed by atoms with Crippen LogP contribution in [0.3, 0.4) is 0 Å². The number of hydrogen-bond acceptors (Lipinski definition) is 5. The van der Waals surface area contributed by atoms with Gasteiger partial charge in [-0.15, -0.1) is 0 Å². The maximum absolute atomic E-state index is 13.6. The van der Waals surface area contributed by atoms with Crippen LogP contribution in [0.2, 0.25) is 0 Å². The summed E-state index contributed by atoms with van der Waals surface area (Å²) in [6.45, 7) is -0.149. The van der Waals surface area contributed by atoms with Crippen molar-refractivity contribution >= 4 is 15.7 Å². The van der Waals surface area contributed by atoms with Crippen LogP contribution >= 0.6 is 0 Å². The summed E-state index contributed by atoms with van der Waals surface area (Å²) < 4.78 is 84.3. The highest BCUT2D eigenvalue weighted by atomic mass is 32.2. The molecule has 0 bridgehead atoms. The van der Waals surface area contributed by atoms with Crippen molar-refractivity contribution in [2.24, 2.45) is 5.73 Å². The number of nitrogens with two attached hydrogens (primary N) is 1. The van der Waals surface area contributed by atoms with Crippen molar-refractivity contribution in [1.29, 1.82) is 0 Å². The topological polar surface area (TPSA) is 98.5 Å². The molecule has 1 amide bonds. The molecule has 184 valence electrons. The van der Waals surface area contributed by atoms with Crippen molar-refractivity contribution in [3.8, 4) is 5.75 Å². The predicted molar refractivity (Wildman–Crippen MR) is 118 cm³/mol. The number of halogens is 4. The molecule has 1 fully saturated rings. The number of benzene rings is 2. The molecule has 0 aromatic heterocycles. The van der Waals surface area contributed by atoms with Crippen molar-refractivity contribution in [2.75, 3.05) is 13.2 Å². The van der Waals surface area contributed by atoms with Crippen LogP contribution in [0, 0.1) is 0 Å². The van der Waals surface area contributed by atoms with Gasteiger partial charge in [0.05, 0.1) is 28.1 Å². The summed E-state index contributed by atoms with van der Waals surface area (Å²) in [5.41, 5.74) is 3.72. The Labute approximate surface area is 194 Å². The average molecular weight is 501 g/mol. The fourth-order valence-electron chi connectivity index (χ4n) is 3.29. The van der Waals surface area contributed by atoms with E-state index in [9.17, 15) is 30.8 Å². The van der Waals surface area contributed by atoms with Crippen LogP contribution in [0.25, 0.3) is 0 Å². The van der Waals surface area contributed by atoms with Crippen LogP contribution in [0.4, 0.5) is 17.6 Å². The Hall–Kier alpha value is -2.92. The first kappa shape index (κ1) is 25.7. The van der Waals surface area contributed by atoms with Gasteiger partial charge in [0.1, 0.15) is 12.4 Å². The number of sulfone groups is 1. The molecule has 1 aliphatic rings. The monoisotopic (exact) mass is 500 g/mol. The minimum atomic E-state index is -4.83. The van der Waals surface area contributed by atoms with Crippen LogP contribution in [-0.4, -0.2) is 33.5 Å².